The van der Waals surface area contributed by atoms with Crippen molar-refractivity contribution >= 4 is 38.4 Å². The van der Waals surface area contributed by atoms with Crippen molar-refractivity contribution in [1.82, 2.24) is 15.0 Å². The molecule has 0 spiro atoms. The van der Waals surface area contributed by atoms with Crippen molar-refractivity contribution < 1.29 is 17.9 Å². The number of fused-ring (bicyclic) bond motifs is 1. The second-order valence-corrected chi connectivity index (χ2v) is 9.84. The molecule has 0 unspecified atom stereocenters. The minimum atomic E-state index is -3.84. The van der Waals surface area contributed by atoms with Gasteiger partial charge in [0.1, 0.15) is 5.75 Å². The van der Waals surface area contributed by atoms with Crippen molar-refractivity contribution in [3.63, 3.8) is 0 Å². The summed E-state index contributed by atoms with van der Waals surface area (Å²) in [6.45, 7) is -0.147. The Hall–Kier alpha value is -3.33. The van der Waals surface area contributed by atoms with E-state index in [0.29, 0.717) is 10.8 Å². The van der Waals surface area contributed by atoms with E-state index in [9.17, 15) is 13.2 Å². The third kappa shape index (κ3) is 5.25. The molecule has 0 saturated heterocycles. The molecule has 34 heavy (non-hydrogen) atoms. The first-order valence-electron chi connectivity index (χ1n) is 10.6. The molecule has 0 aliphatic rings. The van der Waals surface area contributed by atoms with Crippen molar-refractivity contribution in [2.45, 2.75) is 10.8 Å². The number of benzene rings is 3. The maximum absolute atomic E-state index is 12.6. The Balaban J connectivity index is 1.48. The van der Waals surface area contributed by atoms with E-state index >= 15 is 0 Å². The van der Waals surface area contributed by atoms with Gasteiger partial charge in [-0.2, -0.15) is 0 Å². The number of nitrogens with one attached hydrogen (secondary N) is 3. The zero-order valence-corrected chi connectivity index (χ0v) is 20.0. The Bertz CT molecular complexity index is 1400. The summed E-state index contributed by atoms with van der Waals surface area (Å²) in [6, 6.07) is 21.3. The van der Waals surface area contributed by atoms with Crippen LogP contribution in [-0.4, -0.2) is 39.5 Å². The molecule has 0 bridgehead atoms. The van der Waals surface area contributed by atoms with E-state index < -0.39 is 22.5 Å². The predicted molar refractivity (Wildman–Crippen MR) is 133 cm³/mol. The molecule has 3 aromatic carbocycles. The number of methoxy groups -OCH3 is 1. The van der Waals surface area contributed by atoms with Gasteiger partial charge in [0.2, 0.25) is 15.9 Å². The van der Waals surface area contributed by atoms with Gasteiger partial charge in [-0.05, 0) is 47.5 Å². The predicted octanol–water partition coefficient (Wildman–Crippen LogP) is 4.06. The SMILES string of the molecule is COc1ccc(S(=O)(=O)NCC(=O)NC[C@@H](c2ccccc2Cl)c2c[nH]c3ccccc23)cc1. The van der Waals surface area contributed by atoms with Gasteiger partial charge in [-0.1, -0.05) is 48.0 Å². The van der Waals surface area contributed by atoms with Crippen molar-refractivity contribution in [2.75, 3.05) is 20.2 Å². The number of hydrogen-bond donors (Lipinski definition) is 3. The molecule has 0 aliphatic carbocycles. The van der Waals surface area contributed by atoms with E-state index in [2.05, 4.69) is 15.0 Å². The van der Waals surface area contributed by atoms with Crippen molar-refractivity contribution in [2.24, 2.45) is 0 Å². The number of halogens is 1. The average molecular weight is 498 g/mol. The molecular formula is C25H24ClN3O4S. The maximum atomic E-state index is 12.6. The Morgan fingerprint density at radius 1 is 1.00 bits per heavy atom. The highest BCUT2D eigenvalue weighted by molar-refractivity contribution is 7.89. The zero-order valence-electron chi connectivity index (χ0n) is 18.4. The maximum Gasteiger partial charge on any atom is 0.241 e. The first kappa shape index (κ1) is 23.8. The number of ether oxygens (including phenoxy) is 1. The molecule has 4 rings (SSSR count). The first-order chi connectivity index (χ1) is 16.4. The van der Waals surface area contributed by atoms with Gasteiger partial charge in [0.25, 0.3) is 0 Å². The van der Waals surface area contributed by atoms with Gasteiger partial charge < -0.3 is 15.0 Å². The summed E-state index contributed by atoms with van der Waals surface area (Å²) < 4.78 is 32.4. The number of sulfonamides is 1. The first-order valence-corrected chi connectivity index (χ1v) is 12.5. The summed E-state index contributed by atoms with van der Waals surface area (Å²) >= 11 is 6.49. The summed E-state index contributed by atoms with van der Waals surface area (Å²) in [7, 11) is -2.34. The highest BCUT2D eigenvalue weighted by Crippen LogP contribution is 2.34. The van der Waals surface area contributed by atoms with Crippen molar-refractivity contribution in [1.29, 1.82) is 0 Å². The van der Waals surface area contributed by atoms with E-state index in [1.54, 1.807) is 12.1 Å². The molecule has 1 heterocycles. The van der Waals surface area contributed by atoms with Crippen LogP contribution in [0.25, 0.3) is 10.9 Å². The molecule has 0 aliphatic heterocycles. The van der Waals surface area contributed by atoms with Gasteiger partial charge in [-0.3, -0.25) is 4.79 Å². The van der Waals surface area contributed by atoms with Gasteiger partial charge in [-0.25, -0.2) is 13.1 Å². The van der Waals surface area contributed by atoms with Crippen LogP contribution in [0.4, 0.5) is 0 Å². The fourth-order valence-electron chi connectivity index (χ4n) is 3.80. The molecular weight excluding hydrogens is 474 g/mol. The normalized spacial score (nSPS) is 12.4. The lowest BCUT2D eigenvalue weighted by Gasteiger charge is -2.19. The Morgan fingerprint density at radius 3 is 2.44 bits per heavy atom. The monoisotopic (exact) mass is 497 g/mol. The molecule has 176 valence electrons. The molecule has 0 saturated carbocycles. The number of amides is 1. The molecule has 1 aromatic heterocycles. The molecule has 0 radical (unpaired) electrons. The van der Waals surface area contributed by atoms with E-state index in [1.807, 2.05) is 54.7 Å². The molecule has 9 heteroatoms. The van der Waals surface area contributed by atoms with Gasteiger partial charge in [0.05, 0.1) is 18.6 Å². The number of rotatable bonds is 9. The van der Waals surface area contributed by atoms with E-state index in [4.69, 9.17) is 16.3 Å². The summed E-state index contributed by atoms with van der Waals surface area (Å²) in [5.74, 6) is -0.138. The minimum absolute atomic E-state index is 0.0498. The lowest BCUT2D eigenvalue weighted by Crippen LogP contribution is -2.38. The molecule has 3 N–H and O–H groups in total. The second-order valence-electron chi connectivity index (χ2n) is 7.67. The number of carbonyl (C=O) groups is 1. The Labute approximate surface area is 203 Å². The quantitative estimate of drug-likeness (QED) is 0.324. The van der Waals surface area contributed by atoms with Crippen LogP contribution < -0.4 is 14.8 Å². The topological polar surface area (TPSA) is 100 Å². The van der Waals surface area contributed by atoms with Gasteiger partial charge in [0, 0.05) is 34.6 Å². The number of H-pyrrole nitrogens is 1. The van der Waals surface area contributed by atoms with E-state index in [1.165, 1.54) is 19.2 Å². The smallest absolute Gasteiger partial charge is 0.241 e. The van der Waals surface area contributed by atoms with Crippen LogP contribution in [0.2, 0.25) is 5.02 Å². The Kier molecular flexibility index (Phi) is 7.21. The number of aromatic nitrogens is 1. The lowest BCUT2D eigenvalue weighted by molar-refractivity contribution is -0.119. The number of carbonyl (C=O) groups excluding carboxylic acids is 1. The summed E-state index contributed by atoms with van der Waals surface area (Å²) in [6.07, 6.45) is 1.91. The van der Waals surface area contributed by atoms with Crippen LogP contribution in [0.3, 0.4) is 0 Å². The van der Waals surface area contributed by atoms with Crippen molar-refractivity contribution in [3.05, 3.63) is 95.1 Å². The minimum Gasteiger partial charge on any atom is -0.497 e. The lowest BCUT2D eigenvalue weighted by atomic mass is 9.90. The van der Waals surface area contributed by atoms with Gasteiger partial charge >= 0.3 is 0 Å². The summed E-state index contributed by atoms with van der Waals surface area (Å²) in [5.41, 5.74) is 2.84. The Morgan fingerprint density at radius 2 is 1.71 bits per heavy atom. The van der Waals surface area contributed by atoms with Crippen LogP contribution in [0, 0.1) is 0 Å². The van der Waals surface area contributed by atoms with Crippen LogP contribution >= 0.6 is 11.6 Å². The molecule has 4 aromatic rings. The fraction of sp³-hybridized carbons (Fsp3) is 0.160. The average Bonchev–Trinajstić information content (AvgIpc) is 3.28. The highest BCUT2D eigenvalue weighted by Gasteiger charge is 2.22. The number of para-hydroxylation sites is 1. The standard InChI is InChI=1S/C25H24ClN3O4S/c1-33-17-10-12-18(13-11-17)34(31,32)29-16-25(30)28-15-21(19-6-2-4-8-23(19)26)22-14-27-24-9-5-3-7-20(22)24/h2-14,21,27,29H,15-16H2,1H3,(H,28,30)/t21-/m0/s1. The van der Waals surface area contributed by atoms with Crippen LogP contribution in [0.15, 0.2) is 83.9 Å². The van der Waals surface area contributed by atoms with E-state index in [0.717, 1.165) is 22.0 Å². The summed E-state index contributed by atoms with van der Waals surface area (Å²) in [5, 5.41) is 4.46. The van der Waals surface area contributed by atoms with Crippen LogP contribution in [0.1, 0.15) is 17.0 Å². The van der Waals surface area contributed by atoms with Crippen LogP contribution in [-0.2, 0) is 14.8 Å². The van der Waals surface area contributed by atoms with Crippen LogP contribution in [0.5, 0.6) is 5.75 Å². The molecule has 0 fully saturated rings. The fourth-order valence-corrected chi connectivity index (χ4v) is 5.05. The zero-order chi connectivity index (χ0) is 24.1. The largest absolute Gasteiger partial charge is 0.497 e. The second kappa shape index (κ2) is 10.3. The molecule has 1 atom stereocenters. The third-order valence-electron chi connectivity index (χ3n) is 5.57. The highest BCUT2D eigenvalue weighted by atomic mass is 35.5. The third-order valence-corrected chi connectivity index (χ3v) is 7.33. The van der Waals surface area contributed by atoms with Crippen molar-refractivity contribution in [3.8, 4) is 5.75 Å². The van der Waals surface area contributed by atoms with Gasteiger partial charge in [-0.15, -0.1) is 0 Å². The van der Waals surface area contributed by atoms with Gasteiger partial charge in [0.15, 0.2) is 0 Å². The number of hydrogen-bond acceptors (Lipinski definition) is 4. The number of aromatic amines is 1. The van der Waals surface area contributed by atoms with E-state index in [-0.39, 0.29) is 17.4 Å². The molecule has 1 amide bonds. The summed E-state index contributed by atoms with van der Waals surface area (Å²) in [4.78, 5) is 15.9. The molecule has 7 nitrogen and oxygen atoms in total.